The summed E-state index contributed by atoms with van der Waals surface area (Å²) in [6.45, 7) is 3.74. The number of halogens is 2. The number of rotatable bonds is 3. The third-order valence-corrected chi connectivity index (χ3v) is 3.56. The molecule has 1 saturated heterocycles. The van der Waals surface area contributed by atoms with Gasteiger partial charge in [0.1, 0.15) is 0 Å². The summed E-state index contributed by atoms with van der Waals surface area (Å²) in [5, 5.41) is 3.31. The minimum atomic E-state index is -2.41. The smallest absolute Gasteiger partial charge is 0.251 e. The second kappa shape index (κ2) is 4.34. The predicted molar refractivity (Wildman–Crippen MR) is 54.1 cm³/mol. The maximum absolute atomic E-state index is 12.6. The van der Waals surface area contributed by atoms with Crippen LogP contribution in [0.4, 0.5) is 8.78 Å². The lowest BCUT2D eigenvalue weighted by Gasteiger charge is -2.39. The van der Waals surface area contributed by atoms with E-state index in [0.29, 0.717) is 12.0 Å². The Hall–Kier alpha value is -0.220. The van der Waals surface area contributed by atoms with Crippen molar-refractivity contribution in [3.05, 3.63) is 0 Å². The molecule has 1 saturated carbocycles. The van der Waals surface area contributed by atoms with E-state index in [4.69, 9.17) is 4.74 Å². The van der Waals surface area contributed by atoms with Gasteiger partial charge < -0.3 is 10.1 Å². The molecule has 15 heavy (non-hydrogen) atoms. The lowest BCUT2D eigenvalue weighted by atomic mass is 9.85. The molecule has 2 fully saturated rings. The molecule has 2 nitrogen and oxygen atoms in total. The summed E-state index contributed by atoms with van der Waals surface area (Å²) in [5.74, 6) is -1.82. The number of nitrogens with one attached hydrogen (secondary N) is 1. The fraction of sp³-hybridized carbons (Fsp3) is 1.00. The van der Waals surface area contributed by atoms with Crippen LogP contribution in [0.1, 0.15) is 32.6 Å². The molecule has 1 heterocycles. The fourth-order valence-electron chi connectivity index (χ4n) is 2.50. The third kappa shape index (κ3) is 2.88. The molecular weight excluding hydrogens is 200 g/mol. The molecule has 1 unspecified atom stereocenters. The van der Waals surface area contributed by atoms with Gasteiger partial charge in [-0.2, -0.15) is 0 Å². The lowest BCUT2D eigenvalue weighted by Crippen LogP contribution is -2.53. The predicted octanol–water partition coefficient (Wildman–Crippen LogP) is 2.19. The Morgan fingerprint density at radius 1 is 1.27 bits per heavy atom. The molecule has 0 spiro atoms. The molecule has 0 aromatic rings. The van der Waals surface area contributed by atoms with Crippen LogP contribution in [0.3, 0.4) is 0 Å². The van der Waals surface area contributed by atoms with Crippen molar-refractivity contribution < 1.29 is 13.5 Å². The van der Waals surface area contributed by atoms with Crippen LogP contribution in [0.2, 0.25) is 0 Å². The first-order valence-corrected chi connectivity index (χ1v) is 5.78. The third-order valence-electron chi connectivity index (χ3n) is 3.56. The molecule has 88 valence electrons. The van der Waals surface area contributed by atoms with E-state index >= 15 is 0 Å². The summed E-state index contributed by atoms with van der Waals surface area (Å²) in [7, 11) is 0. The Morgan fingerprint density at radius 2 is 1.87 bits per heavy atom. The van der Waals surface area contributed by atoms with Crippen molar-refractivity contribution in [2.45, 2.75) is 50.6 Å². The second-order valence-electron chi connectivity index (χ2n) is 4.87. The van der Waals surface area contributed by atoms with Crippen molar-refractivity contribution in [3.63, 3.8) is 0 Å². The van der Waals surface area contributed by atoms with Crippen LogP contribution in [0.5, 0.6) is 0 Å². The van der Waals surface area contributed by atoms with E-state index < -0.39 is 5.92 Å². The number of ether oxygens (including phenoxy) is 1. The van der Waals surface area contributed by atoms with Gasteiger partial charge in [-0.1, -0.05) is 0 Å². The summed E-state index contributed by atoms with van der Waals surface area (Å²) >= 11 is 0. The average Bonchev–Trinajstić information content (AvgIpc) is 2.16. The molecule has 0 radical (unpaired) electrons. The van der Waals surface area contributed by atoms with Gasteiger partial charge in [-0.25, -0.2) is 8.78 Å². The van der Waals surface area contributed by atoms with E-state index in [-0.39, 0.29) is 18.9 Å². The Kier molecular flexibility index (Phi) is 3.26. The zero-order valence-electron chi connectivity index (χ0n) is 9.14. The van der Waals surface area contributed by atoms with Crippen LogP contribution >= 0.6 is 0 Å². The molecule has 2 rings (SSSR count). The monoisotopic (exact) mass is 219 g/mol. The van der Waals surface area contributed by atoms with Gasteiger partial charge in [-0.15, -0.1) is 0 Å². The SMILES string of the molecule is CC(NC1CC(F)(F)C1)C1CCOCC1. The van der Waals surface area contributed by atoms with Crippen LogP contribution in [0.15, 0.2) is 0 Å². The van der Waals surface area contributed by atoms with Crippen molar-refractivity contribution in [2.75, 3.05) is 13.2 Å². The molecule has 1 aliphatic carbocycles. The van der Waals surface area contributed by atoms with Gasteiger partial charge in [0.05, 0.1) is 0 Å². The minimum absolute atomic E-state index is 0.0144. The summed E-state index contributed by atoms with van der Waals surface area (Å²) in [6, 6.07) is 0.368. The highest BCUT2D eigenvalue weighted by atomic mass is 19.3. The van der Waals surface area contributed by atoms with Crippen LogP contribution in [-0.4, -0.2) is 31.2 Å². The largest absolute Gasteiger partial charge is 0.381 e. The Balaban J connectivity index is 1.70. The maximum atomic E-state index is 12.6. The van der Waals surface area contributed by atoms with E-state index in [1.54, 1.807) is 0 Å². The van der Waals surface area contributed by atoms with Gasteiger partial charge in [0.2, 0.25) is 0 Å². The summed E-state index contributed by atoms with van der Waals surface area (Å²) in [5.41, 5.74) is 0. The van der Waals surface area contributed by atoms with Crippen molar-refractivity contribution in [2.24, 2.45) is 5.92 Å². The zero-order chi connectivity index (χ0) is 10.9. The maximum Gasteiger partial charge on any atom is 0.251 e. The van der Waals surface area contributed by atoms with Crippen molar-refractivity contribution in [1.82, 2.24) is 5.32 Å². The molecule has 1 atom stereocenters. The van der Waals surface area contributed by atoms with Gasteiger partial charge in [-0.3, -0.25) is 0 Å². The first kappa shape index (κ1) is 11.3. The normalized spacial score (nSPS) is 29.8. The van der Waals surface area contributed by atoms with E-state index in [9.17, 15) is 8.78 Å². The van der Waals surface area contributed by atoms with E-state index in [2.05, 4.69) is 12.2 Å². The molecule has 2 aliphatic rings. The molecule has 1 N–H and O–H groups in total. The molecule has 4 heteroatoms. The van der Waals surface area contributed by atoms with Crippen LogP contribution in [0, 0.1) is 5.92 Å². The molecule has 0 aromatic heterocycles. The molecule has 0 aromatic carbocycles. The first-order chi connectivity index (χ1) is 7.07. The van der Waals surface area contributed by atoms with Gasteiger partial charge in [-0.05, 0) is 25.7 Å². The summed E-state index contributed by atoms with van der Waals surface area (Å²) < 4.78 is 30.5. The lowest BCUT2D eigenvalue weighted by molar-refractivity contribution is -0.0965. The first-order valence-electron chi connectivity index (χ1n) is 5.78. The van der Waals surface area contributed by atoms with Crippen molar-refractivity contribution in [1.29, 1.82) is 0 Å². The summed E-state index contributed by atoms with van der Waals surface area (Å²) in [6.07, 6.45) is 2.13. The minimum Gasteiger partial charge on any atom is -0.381 e. The van der Waals surface area contributed by atoms with Gasteiger partial charge in [0.25, 0.3) is 5.92 Å². The van der Waals surface area contributed by atoms with Crippen molar-refractivity contribution >= 4 is 0 Å². The van der Waals surface area contributed by atoms with Crippen LogP contribution in [-0.2, 0) is 4.74 Å². The van der Waals surface area contributed by atoms with E-state index in [0.717, 1.165) is 26.1 Å². The van der Waals surface area contributed by atoms with Gasteiger partial charge >= 0.3 is 0 Å². The molecule has 0 bridgehead atoms. The van der Waals surface area contributed by atoms with E-state index in [1.165, 1.54) is 0 Å². The topological polar surface area (TPSA) is 21.3 Å². The fourth-order valence-corrected chi connectivity index (χ4v) is 2.50. The van der Waals surface area contributed by atoms with Gasteiger partial charge in [0, 0.05) is 38.1 Å². The highest BCUT2D eigenvalue weighted by Crippen LogP contribution is 2.38. The summed E-state index contributed by atoms with van der Waals surface area (Å²) in [4.78, 5) is 0. The quantitative estimate of drug-likeness (QED) is 0.785. The van der Waals surface area contributed by atoms with Crippen LogP contribution < -0.4 is 5.32 Å². The van der Waals surface area contributed by atoms with E-state index in [1.807, 2.05) is 0 Å². The number of hydrogen-bond donors (Lipinski definition) is 1. The molecular formula is C11H19F2NO. The molecule has 0 amide bonds. The van der Waals surface area contributed by atoms with Crippen molar-refractivity contribution in [3.8, 4) is 0 Å². The number of alkyl halides is 2. The Labute approximate surface area is 89.4 Å². The highest BCUT2D eigenvalue weighted by Gasteiger charge is 2.45. The second-order valence-corrected chi connectivity index (χ2v) is 4.87. The van der Waals surface area contributed by atoms with Gasteiger partial charge in [0.15, 0.2) is 0 Å². The average molecular weight is 219 g/mol. The standard InChI is InChI=1S/C11H19F2NO/c1-8(9-2-4-15-5-3-9)14-10-6-11(12,13)7-10/h8-10,14H,2-7H2,1H3. The highest BCUT2D eigenvalue weighted by molar-refractivity contribution is 4.93. The Bertz CT molecular complexity index is 209. The zero-order valence-corrected chi connectivity index (χ0v) is 9.14. The number of hydrogen-bond acceptors (Lipinski definition) is 2. The Morgan fingerprint density at radius 3 is 2.40 bits per heavy atom. The van der Waals surface area contributed by atoms with Crippen LogP contribution in [0.25, 0.3) is 0 Å². The molecule has 1 aliphatic heterocycles.